The van der Waals surface area contributed by atoms with E-state index < -0.39 is 0 Å². The molecule has 1 aliphatic carbocycles. The van der Waals surface area contributed by atoms with Crippen LogP contribution in [0.3, 0.4) is 0 Å². The molecule has 2 aliphatic rings. The van der Waals surface area contributed by atoms with Crippen molar-refractivity contribution >= 4 is 22.9 Å². The number of nitrogens with zero attached hydrogens (tertiary/aromatic N) is 2. The van der Waals surface area contributed by atoms with Gasteiger partial charge in [-0.3, -0.25) is 4.79 Å². The number of methoxy groups -OCH3 is 1. The second-order valence-corrected chi connectivity index (χ2v) is 6.28. The van der Waals surface area contributed by atoms with Crippen LogP contribution in [0.2, 0.25) is 0 Å². The van der Waals surface area contributed by atoms with Gasteiger partial charge in [0.2, 0.25) is 5.91 Å². The van der Waals surface area contributed by atoms with E-state index in [0.29, 0.717) is 25.3 Å². The van der Waals surface area contributed by atoms with Crippen LogP contribution in [0.1, 0.15) is 35.1 Å². The summed E-state index contributed by atoms with van der Waals surface area (Å²) in [6, 6.07) is 5.34. The number of carbonyl (C=O) groups is 2. The maximum absolute atomic E-state index is 11.9. The van der Waals surface area contributed by atoms with Crippen molar-refractivity contribution in [2.24, 2.45) is 5.92 Å². The number of imidazole rings is 1. The minimum absolute atomic E-state index is 0.00502. The Labute approximate surface area is 138 Å². The Morgan fingerprint density at radius 2 is 2.25 bits per heavy atom. The first-order valence-electron chi connectivity index (χ1n) is 8.12. The van der Waals surface area contributed by atoms with E-state index in [0.717, 1.165) is 29.7 Å². The van der Waals surface area contributed by atoms with Crippen LogP contribution >= 0.6 is 0 Å². The average molecular weight is 329 g/mol. The van der Waals surface area contributed by atoms with Gasteiger partial charge in [0, 0.05) is 12.5 Å². The summed E-state index contributed by atoms with van der Waals surface area (Å²) < 4.78 is 12.5. The molecule has 126 valence electrons. The number of aromatic nitrogens is 2. The van der Waals surface area contributed by atoms with Crippen LogP contribution in [-0.2, 0) is 20.9 Å². The van der Waals surface area contributed by atoms with Crippen LogP contribution < -0.4 is 5.32 Å². The average Bonchev–Trinajstić information content (AvgIpc) is 3.39. The van der Waals surface area contributed by atoms with Crippen molar-refractivity contribution < 1.29 is 19.1 Å². The number of benzene rings is 1. The Hall–Kier alpha value is -2.41. The standard InChI is InChI=1S/C17H19N3O4/c1-23-17(22)11-4-5-14-13(6-11)19-15-9-24-8-12(20(14)15)7-18-16(21)10-2-3-10/h4-6,10,12H,2-3,7-9H2,1H3,(H,18,21)/t12-/m0/s1. The van der Waals surface area contributed by atoms with Gasteiger partial charge in [-0.15, -0.1) is 0 Å². The summed E-state index contributed by atoms with van der Waals surface area (Å²) in [6.45, 7) is 1.48. The molecule has 1 aromatic heterocycles. The fraction of sp³-hybridized carbons (Fsp3) is 0.471. The van der Waals surface area contributed by atoms with Gasteiger partial charge < -0.3 is 19.4 Å². The van der Waals surface area contributed by atoms with E-state index in [1.165, 1.54) is 7.11 Å². The lowest BCUT2D eigenvalue weighted by Crippen LogP contribution is -2.36. The van der Waals surface area contributed by atoms with Gasteiger partial charge in [-0.05, 0) is 31.0 Å². The first kappa shape index (κ1) is 15.1. The third-order valence-corrected chi connectivity index (χ3v) is 4.55. The molecule has 0 spiro atoms. The van der Waals surface area contributed by atoms with Gasteiger partial charge in [0.1, 0.15) is 12.4 Å². The second kappa shape index (κ2) is 5.90. The summed E-state index contributed by atoms with van der Waals surface area (Å²) in [5.74, 6) is 0.743. The fourth-order valence-corrected chi connectivity index (χ4v) is 3.12. The van der Waals surface area contributed by atoms with E-state index >= 15 is 0 Å². The smallest absolute Gasteiger partial charge is 0.337 e. The molecule has 0 radical (unpaired) electrons. The highest BCUT2D eigenvalue weighted by molar-refractivity contribution is 5.93. The normalized spacial score (nSPS) is 19.8. The lowest BCUT2D eigenvalue weighted by Gasteiger charge is -2.26. The van der Waals surface area contributed by atoms with Crippen molar-refractivity contribution in [3.8, 4) is 0 Å². The maximum Gasteiger partial charge on any atom is 0.337 e. The molecule has 24 heavy (non-hydrogen) atoms. The quantitative estimate of drug-likeness (QED) is 0.858. The van der Waals surface area contributed by atoms with Crippen LogP contribution in [0.5, 0.6) is 0 Å². The zero-order chi connectivity index (χ0) is 16.7. The number of hydrogen-bond acceptors (Lipinski definition) is 5. The highest BCUT2D eigenvalue weighted by atomic mass is 16.5. The van der Waals surface area contributed by atoms with Gasteiger partial charge in [0.15, 0.2) is 0 Å². The van der Waals surface area contributed by atoms with Crippen LogP contribution in [0, 0.1) is 5.92 Å². The van der Waals surface area contributed by atoms with E-state index in [4.69, 9.17) is 9.47 Å². The number of amides is 1. The highest BCUT2D eigenvalue weighted by Gasteiger charge is 2.31. The predicted octanol–water partition coefficient (Wildman–Crippen LogP) is 1.42. The van der Waals surface area contributed by atoms with E-state index in [1.807, 2.05) is 6.07 Å². The van der Waals surface area contributed by atoms with E-state index in [1.54, 1.807) is 12.1 Å². The minimum Gasteiger partial charge on any atom is -0.465 e. The van der Waals surface area contributed by atoms with Gasteiger partial charge in [-0.2, -0.15) is 0 Å². The van der Waals surface area contributed by atoms with Gasteiger partial charge in [0.05, 0.1) is 36.4 Å². The van der Waals surface area contributed by atoms with Gasteiger partial charge in [0.25, 0.3) is 0 Å². The van der Waals surface area contributed by atoms with Crippen LogP contribution in [0.15, 0.2) is 18.2 Å². The highest BCUT2D eigenvalue weighted by Crippen LogP contribution is 2.30. The number of esters is 1. The topological polar surface area (TPSA) is 82.5 Å². The number of ether oxygens (including phenoxy) is 2. The predicted molar refractivity (Wildman–Crippen MR) is 85.5 cm³/mol. The van der Waals surface area contributed by atoms with Crippen molar-refractivity contribution in [2.45, 2.75) is 25.5 Å². The summed E-state index contributed by atoms with van der Waals surface area (Å²) in [6.07, 6.45) is 1.98. The van der Waals surface area contributed by atoms with Crippen molar-refractivity contribution in [1.82, 2.24) is 14.9 Å². The molecule has 1 amide bonds. The molecule has 0 unspecified atom stereocenters. The molecule has 0 saturated heterocycles. The third-order valence-electron chi connectivity index (χ3n) is 4.55. The van der Waals surface area contributed by atoms with E-state index in [9.17, 15) is 9.59 Å². The summed E-state index contributed by atoms with van der Waals surface area (Å²) in [7, 11) is 1.36. The summed E-state index contributed by atoms with van der Waals surface area (Å²) >= 11 is 0. The number of fused-ring (bicyclic) bond motifs is 3. The lowest BCUT2D eigenvalue weighted by molar-refractivity contribution is -0.122. The van der Waals surface area contributed by atoms with Gasteiger partial charge >= 0.3 is 5.97 Å². The van der Waals surface area contributed by atoms with Crippen LogP contribution in [0.25, 0.3) is 11.0 Å². The molecule has 1 aliphatic heterocycles. The van der Waals surface area contributed by atoms with Crippen molar-refractivity contribution in [2.75, 3.05) is 20.3 Å². The second-order valence-electron chi connectivity index (χ2n) is 6.28. The summed E-state index contributed by atoms with van der Waals surface area (Å²) in [5, 5.41) is 3.01. The van der Waals surface area contributed by atoms with Crippen molar-refractivity contribution in [3.05, 3.63) is 29.6 Å². The number of rotatable bonds is 4. The molecule has 0 bridgehead atoms. The molecule has 1 N–H and O–H groups in total. The summed E-state index contributed by atoms with van der Waals surface area (Å²) in [4.78, 5) is 28.1. The Balaban J connectivity index is 1.63. The molecule has 2 heterocycles. The maximum atomic E-state index is 11.9. The van der Waals surface area contributed by atoms with Gasteiger partial charge in [-0.1, -0.05) is 0 Å². The Bertz CT molecular complexity index is 810. The first-order chi connectivity index (χ1) is 11.7. The Kier molecular flexibility index (Phi) is 3.72. The van der Waals surface area contributed by atoms with Crippen molar-refractivity contribution in [1.29, 1.82) is 0 Å². The third kappa shape index (κ3) is 2.65. The van der Waals surface area contributed by atoms with Gasteiger partial charge in [-0.25, -0.2) is 9.78 Å². The molecule has 7 heteroatoms. The zero-order valence-corrected chi connectivity index (χ0v) is 13.4. The molecular weight excluding hydrogens is 310 g/mol. The van der Waals surface area contributed by atoms with Crippen LogP contribution in [0.4, 0.5) is 0 Å². The molecule has 2 aromatic rings. The Morgan fingerprint density at radius 3 is 3.00 bits per heavy atom. The molecule has 4 rings (SSSR count). The molecular formula is C17H19N3O4. The van der Waals surface area contributed by atoms with E-state index in [-0.39, 0.29) is 23.8 Å². The van der Waals surface area contributed by atoms with Crippen molar-refractivity contribution in [3.63, 3.8) is 0 Å². The molecule has 7 nitrogen and oxygen atoms in total. The molecule has 1 saturated carbocycles. The number of carbonyl (C=O) groups excluding carboxylic acids is 2. The molecule has 1 fully saturated rings. The monoisotopic (exact) mass is 329 g/mol. The fourth-order valence-electron chi connectivity index (χ4n) is 3.12. The lowest BCUT2D eigenvalue weighted by atomic mass is 10.2. The largest absolute Gasteiger partial charge is 0.465 e. The van der Waals surface area contributed by atoms with Crippen LogP contribution in [-0.4, -0.2) is 41.7 Å². The molecule has 1 aromatic carbocycles. The summed E-state index contributed by atoms with van der Waals surface area (Å²) in [5.41, 5.74) is 2.14. The number of nitrogens with one attached hydrogen (secondary N) is 1. The SMILES string of the molecule is COC(=O)c1ccc2c(c1)nc1n2[C@@H](CNC(=O)C2CC2)COC1. The number of hydrogen-bond donors (Lipinski definition) is 1. The Morgan fingerprint density at radius 1 is 1.42 bits per heavy atom. The zero-order valence-electron chi connectivity index (χ0n) is 13.4. The molecule has 1 atom stereocenters. The minimum atomic E-state index is -0.382. The van der Waals surface area contributed by atoms with E-state index in [2.05, 4.69) is 14.9 Å². The first-order valence-corrected chi connectivity index (χ1v) is 8.12.